The second-order valence-corrected chi connectivity index (χ2v) is 4.81. The Hall–Kier alpha value is -1.20. The van der Waals surface area contributed by atoms with Gasteiger partial charge in [0.2, 0.25) is 0 Å². The third-order valence-corrected chi connectivity index (χ3v) is 3.32. The van der Waals surface area contributed by atoms with Crippen molar-refractivity contribution >= 4 is 0 Å². The van der Waals surface area contributed by atoms with E-state index in [1.54, 1.807) is 12.1 Å². The van der Waals surface area contributed by atoms with Gasteiger partial charge in [-0.1, -0.05) is 19.1 Å². The zero-order valence-corrected chi connectivity index (χ0v) is 11.1. The number of nitrogens with one attached hydrogen (secondary N) is 1. The molecule has 1 fully saturated rings. The van der Waals surface area contributed by atoms with E-state index in [-0.39, 0.29) is 5.75 Å². The Morgan fingerprint density at radius 3 is 2.47 bits per heavy atom. The fourth-order valence-electron chi connectivity index (χ4n) is 2.22. The maximum atomic E-state index is 12.1. The van der Waals surface area contributed by atoms with Crippen molar-refractivity contribution in [2.24, 2.45) is 0 Å². The third-order valence-electron chi connectivity index (χ3n) is 3.32. The number of rotatable bonds is 7. The van der Waals surface area contributed by atoms with E-state index in [4.69, 9.17) is 0 Å². The lowest BCUT2D eigenvalue weighted by Gasteiger charge is -2.38. The molecule has 1 heterocycles. The van der Waals surface area contributed by atoms with Gasteiger partial charge in [0.05, 0.1) is 0 Å². The molecule has 5 heteroatoms. The van der Waals surface area contributed by atoms with Gasteiger partial charge in [0.25, 0.3) is 0 Å². The van der Waals surface area contributed by atoms with Gasteiger partial charge in [-0.3, -0.25) is 4.90 Å². The van der Waals surface area contributed by atoms with Crippen molar-refractivity contribution in [3.05, 3.63) is 29.8 Å². The molecule has 2 rings (SSSR count). The SMILES string of the molecule is CCCN(Cc1ccc(OC(F)F)cc1)C1CNC1. The zero-order valence-electron chi connectivity index (χ0n) is 11.1. The van der Waals surface area contributed by atoms with E-state index < -0.39 is 6.61 Å². The van der Waals surface area contributed by atoms with Crippen molar-refractivity contribution in [1.29, 1.82) is 0 Å². The van der Waals surface area contributed by atoms with Gasteiger partial charge in [-0.15, -0.1) is 0 Å². The molecule has 0 saturated carbocycles. The van der Waals surface area contributed by atoms with E-state index in [1.165, 1.54) is 0 Å². The summed E-state index contributed by atoms with van der Waals surface area (Å²) in [6, 6.07) is 7.51. The van der Waals surface area contributed by atoms with Gasteiger partial charge in [0.15, 0.2) is 0 Å². The molecule has 0 radical (unpaired) electrons. The Morgan fingerprint density at radius 2 is 2.00 bits per heavy atom. The number of hydrogen-bond donors (Lipinski definition) is 1. The maximum Gasteiger partial charge on any atom is 0.387 e. The number of hydrogen-bond acceptors (Lipinski definition) is 3. The summed E-state index contributed by atoms with van der Waals surface area (Å²) in [6.45, 7) is 3.39. The first-order chi connectivity index (χ1) is 9.19. The highest BCUT2D eigenvalue weighted by Gasteiger charge is 2.23. The minimum atomic E-state index is -2.76. The zero-order chi connectivity index (χ0) is 13.7. The van der Waals surface area contributed by atoms with Crippen LogP contribution in [0.3, 0.4) is 0 Å². The molecule has 1 N–H and O–H groups in total. The fourth-order valence-corrected chi connectivity index (χ4v) is 2.22. The molecule has 0 atom stereocenters. The molecular weight excluding hydrogens is 250 g/mol. The fraction of sp³-hybridized carbons (Fsp3) is 0.571. The normalized spacial score (nSPS) is 15.8. The van der Waals surface area contributed by atoms with E-state index in [2.05, 4.69) is 21.9 Å². The quantitative estimate of drug-likeness (QED) is 0.823. The van der Waals surface area contributed by atoms with Crippen LogP contribution in [0.15, 0.2) is 24.3 Å². The molecule has 1 aliphatic heterocycles. The largest absolute Gasteiger partial charge is 0.435 e. The monoisotopic (exact) mass is 270 g/mol. The highest BCUT2D eigenvalue weighted by molar-refractivity contribution is 5.27. The summed E-state index contributed by atoms with van der Waals surface area (Å²) in [5, 5.41) is 3.27. The predicted octanol–water partition coefficient (Wildman–Crippen LogP) is 2.47. The lowest BCUT2D eigenvalue weighted by Crippen LogP contribution is -2.56. The molecule has 106 valence electrons. The molecule has 3 nitrogen and oxygen atoms in total. The summed E-state index contributed by atoms with van der Waals surface area (Å²) in [6.07, 6.45) is 1.11. The summed E-state index contributed by atoms with van der Waals surface area (Å²) in [5.74, 6) is 0.214. The van der Waals surface area contributed by atoms with E-state index in [1.807, 2.05) is 12.1 Å². The van der Waals surface area contributed by atoms with Crippen molar-refractivity contribution in [3.63, 3.8) is 0 Å². The molecule has 1 saturated heterocycles. The van der Waals surface area contributed by atoms with Gasteiger partial charge in [-0.2, -0.15) is 8.78 Å². The molecule has 1 aromatic carbocycles. The highest BCUT2D eigenvalue weighted by Crippen LogP contribution is 2.17. The van der Waals surface area contributed by atoms with Crippen LogP contribution in [-0.4, -0.2) is 37.2 Å². The lowest BCUT2D eigenvalue weighted by molar-refractivity contribution is -0.0498. The topological polar surface area (TPSA) is 24.5 Å². The summed E-state index contributed by atoms with van der Waals surface area (Å²) < 4.78 is 28.5. The number of alkyl halides is 2. The van der Waals surface area contributed by atoms with E-state index >= 15 is 0 Å². The molecule has 19 heavy (non-hydrogen) atoms. The van der Waals surface area contributed by atoms with Gasteiger partial charge in [-0.05, 0) is 30.7 Å². The van der Waals surface area contributed by atoms with Crippen molar-refractivity contribution < 1.29 is 13.5 Å². The van der Waals surface area contributed by atoms with Gasteiger partial charge in [-0.25, -0.2) is 0 Å². The van der Waals surface area contributed by atoms with Crippen molar-refractivity contribution in [1.82, 2.24) is 10.2 Å². The molecule has 0 bridgehead atoms. The minimum absolute atomic E-state index is 0.214. The first-order valence-electron chi connectivity index (χ1n) is 6.67. The smallest absolute Gasteiger partial charge is 0.387 e. The molecule has 1 aliphatic rings. The van der Waals surface area contributed by atoms with Crippen LogP contribution in [0.4, 0.5) is 8.78 Å². The molecule has 0 unspecified atom stereocenters. The number of benzene rings is 1. The van der Waals surface area contributed by atoms with E-state index in [9.17, 15) is 8.78 Å². The first-order valence-corrected chi connectivity index (χ1v) is 6.67. The molecular formula is C14H20F2N2O. The average Bonchev–Trinajstić information content (AvgIpc) is 2.29. The van der Waals surface area contributed by atoms with Crippen molar-refractivity contribution in [2.75, 3.05) is 19.6 Å². The van der Waals surface area contributed by atoms with E-state index in [0.29, 0.717) is 6.04 Å². The van der Waals surface area contributed by atoms with Crippen LogP contribution in [0.1, 0.15) is 18.9 Å². The van der Waals surface area contributed by atoms with Crippen molar-refractivity contribution in [3.8, 4) is 5.75 Å². The predicted molar refractivity (Wildman–Crippen MR) is 70.4 cm³/mol. The molecule has 0 spiro atoms. The van der Waals surface area contributed by atoms with Gasteiger partial charge in [0.1, 0.15) is 5.75 Å². The van der Waals surface area contributed by atoms with Crippen LogP contribution in [-0.2, 0) is 6.54 Å². The second-order valence-electron chi connectivity index (χ2n) is 4.81. The Labute approximate surface area is 112 Å². The Kier molecular flexibility index (Phi) is 5.10. The Balaban J connectivity index is 1.92. The Morgan fingerprint density at radius 1 is 1.32 bits per heavy atom. The number of halogens is 2. The lowest BCUT2D eigenvalue weighted by atomic mass is 10.1. The van der Waals surface area contributed by atoms with Gasteiger partial charge < -0.3 is 10.1 Å². The van der Waals surface area contributed by atoms with E-state index in [0.717, 1.165) is 38.2 Å². The molecule has 0 amide bonds. The molecule has 0 aromatic heterocycles. The van der Waals surface area contributed by atoms with Crippen LogP contribution in [0.2, 0.25) is 0 Å². The minimum Gasteiger partial charge on any atom is -0.435 e. The molecule has 1 aromatic rings. The van der Waals surface area contributed by atoms with Crippen LogP contribution in [0, 0.1) is 0 Å². The maximum absolute atomic E-state index is 12.1. The summed E-state index contributed by atoms with van der Waals surface area (Å²) in [5.41, 5.74) is 1.13. The summed E-state index contributed by atoms with van der Waals surface area (Å²) >= 11 is 0. The van der Waals surface area contributed by atoms with Crippen LogP contribution >= 0.6 is 0 Å². The molecule has 0 aliphatic carbocycles. The number of nitrogens with zero attached hydrogens (tertiary/aromatic N) is 1. The van der Waals surface area contributed by atoms with Crippen LogP contribution in [0.5, 0.6) is 5.75 Å². The van der Waals surface area contributed by atoms with Gasteiger partial charge >= 0.3 is 6.61 Å². The van der Waals surface area contributed by atoms with Crippen molar-refractivity contribution in [2.45, 2.75) is 32.5 Å². The standard InChI is InChI=1S/C14H20F2N2O/c1-2-7-18(12-8-17-9-12)10-11-3-5-13(6-4-11)19-14(15)16/h3-6,12,14,17H,2,7-10H2,1H3. The number of ether oxygens (including phenoxy) is 1. The summed E-state index contributed by atoms with van der Waals surface area (Å²) in [4.78, 5) is 2.43. The summed E-state index contributed by atoms with van der Waals surface area (Å²) in [7, 11) is 0. The Bertz CT molecular complexity index is 380. The second kappa shape index (κ2) is 6.82. The highest BCUT2D eigenvalue weighted by atomic mass is 19.3. The van der Waals surface area contributed by atoms with Crippen LogP contribution < -0.4 is 10.1 Å². The van der Waals surface area contributed by atoms with Crippen LogP contribution in [0.25, 0.3) is 0 Å². The first kappa shape index (κ1) is 14.2. The third kappa shape index (κ3) is 4.14. The average molecular weight is 270 g/mol. The van der Waals surface area contributed by atoms with Gasteiger partial charge in [0, 0.05) is 25.7 Å².